The standard InChI is InChI=1S/C25H41N3O5/c1-9-19-15-20(27-25(6,7)22(29)31-8)16-26-21(19)32-13-11-18-10-12-28(17(2)14-18)23(30)33-24(3,4)5/h15-18,27H,9-14H2,1-8H3/t17-,18+/m1/s1. The van der Waals surface area contributed by atoms with Crippen LogP contribution in [0.3, 0.4) is 0 Å². The summed E-state index contributed by atoms with van der Waals surface area (Å²) in [6.07, 6.45) is 4.99. The third-order valence-electron chi connectivity index (χ3n) is 5.84. The van der Waals surface area contributed by atoms with Crippen LogP contribution in [0.15, 0.2) is 12.3 Å². The first-order valence-electron chi connectivity index (χ1n) is 11.8. The first kappa shape index (κ1) is 26.7. The number of hydrogen-bond acceptors (Lipinski definition) is 7. The SMILES string of the molecule is CCc1cc(NC(C)(C)C(=O)OC)cnc1OCC[C@@H]1CCN(C(=O)OC(C)(C)C)[C@H](C)C1. The fourth-order valence-corrected chi connectivity index (χ4v) is 4.06. The van der Waals surface area contributed by atoms with E-state index in [1.54, 1.807) is 20.0 Å². The van der Waals surface area contributed by atoms with Gasteiger partial charge in [0, 0.05) is 18.2 Å². The van der Waals surface area contributed by atoms with Gasteiger partial charge >= 0.3 is 12.1 Å². The third kappa shape index (κ3) is 7.79. The van der Waals surface area contributed by atoms with Crippen LogP contribution in [0.2, 0.25) is 0 Å². The highest BCUT2D eigenvalue weighted by Gasteiger charge is 2.32. The Labute approximate surface area is 198 Å². The molecular formula is C25H41N3O5. The van der Waals surface area contributed by atoms with Gasteiger partial charge in [0.25, 0.3) is 0 Å². The molecule has 1 aliphatic heterocycles. The second kappa shape index (κ2) is 11.1. The number of nitrogens with one attached hydrogen (secondary N) is 1. The van der Waals surface area contributed by atoms with Crippen molar-refractivity contribution in [3.63, 3.8) is 0 Å². The molecule has 0 unspecified atom stereocenters. The summed E-state index contributed by atoms with van der Waals surface area (Å²) in [4.78, 5) is 30.7. The van der Waals surface area contributed by atoms with Crippen LogP contribution in [-0.4, -0.2) is 59.4 Å². The number of amides is 1. The summed E-state index contributed by atoms with van der Waals surface area (Å²) in [7, 11) is 1.38. The van der Waals surface area contributed by atoms with Crippen molar-refractivity contribution >= 4 is 17.7 Å². The Hall–Kier alpha value is -2.51. The van der Waals surface area contributed by atoms with Crippen LogP contribution in [0.5, 0.6) is 5.88 Å². The highest BCUT2D eigenvalue weighted by atomic mass is 16.6. The number of carbonyl (C=O) groups is 2. The maximum Gasteiger partial charge on any atom is 0.410 e. The molecule has 186 valence electrons. The number of hydrogen-bond donors (Lipinski definition) is 1. The van der Waals surface area contributed by atoms with Gasteiger partial charge in [-0.2, -0.15) is 0 Å². The molecule has 33 heavy (non-hydrogen) atoms. The van der Waals surface area contributed by atoms with Crippen molar-refractivity contribution in [2.45, 2.75) is 91.3 Å². The highest BCUT2D eigenvalue weighted by Crippen LogP contribution is 2.28. The lowest BCUT2D eigenvalue weighted by Crippen LogP contribution is -2.46. The van der Waals surface area contributed by atoms with E-state index in [1.165, 1.54) is 7.11 Å². The van der Waals surface area contributed by atoms with Gasteiger partial charge in [-0.1, -0.05) is 6.92 Å². The molecule has 2 atom stereocenters. The molecule has 0 bridgehead atoms. The van der Waals surface area contributed by atoms with Crippen molar-refractivity contribution < 1.29 is 23.8 Å². The molecule has 0 radical (unpaired) electrons. The minimum Gasteiger partial charge on any atom is -0.477 e. The van der Waals surface area contributed by atoms with Crippen molar-refractivity contribution in [1.29, 1.82) is 0 Å². The van der Waals surface area contributed by atoms with Gasteiger partial charge in [-0.3, -0.25) is 0 Å². The van der Waals surface area contributed by atoms with Crippen molar-refractivity contribution in [2.75, 3.05) is 25.6 Å². The van der Waals surface area contributed by atoms with Gasteiger partial charge in [-0.25, -0.2) is 14.6 Å². The first-order valence-corrected chi connectivity index (χ1v) is 11.8. The number of rotatable bonds is 8. The monoisotopic (exact) mass is 463 g/mol. The zero-order valence-electron chi connectivity index (χ0n) is 21.5. The molecule has 1 N–H and O–H groups in total. The van der Waals surface area contributed by atoms with Gasteiger partial charge in [0.05, 0.1) is 25.6 Å². The molecule has 2 rings (SSSR count). The lowest BCUT2D eigenvalue weighted by atomic mass is 9.89. The summed E-state index contributed by atoms with van der Waals surface area (Å²) in [5, 5.41) is 3.18. The number of anilines is 1. The zero-order valence-corrected chi connectivity index (χ0v) is 21.5. The largest absolute Gasteiger partial charge is 0.477 e. The predicted octanol–water partition coefficient (Wildman–Crippen LogP) is 4.81. The van der Waals surface area contributed by atoms with E-state index >= 15 is 0 Å². The third-order valence-corrected chi connectivity index (χ3v) is 5.84. The molecule has 1 saturated heterocycles. The average Bonchev–Trinajstić information content (AvgIpc) is 2.72. The zero-order chi connectivity index (χ0) is 24.8. The Morgan fingerprint density at radius 1 is 1.24 bits per heavy atom. The quantitative estimate of drug-likeness (QED) is 0.553. The van der Waals surface area contributed by atoms with E-state index in [0.29, 0.717) is 24.9 Å². The lowest BCUT2D eigenvalue weighted by Gasteiger charge is -2.38. The number of aromatic nitrogens is 1. The average molecular weight is 464 g/mol. The summed E-state index contributed by atoms with van der Waals surface area (Å²) >= 11 is 0. The van der Waals surface area contributed by atoms with Gasteiger partial charge in [0.15, 0.2) is 0 Å². The first-order chi connectivity index (χ1) is 15.4. The summed E-state index contributed by atoms with van der Waals surface area (Å²) in [5.74, 6) is 0.775. The fraction of sp³-hybridized carbons (Fsp3) is 0.720. The Bertz CT molecular complexity index is 819. The van der Waals surface area contributed by atoms with Gasteiger partial charge < -0.3 is 24.4 Å². The van der Waals surface area contributed by atoms with E-state index in [1.807, 2.05) is 38.7 Å². The topological polar surface area (TPSA) is 90.0 Å². The number of carbonyl (C=O) groups excluding carboxylic acids is 2. The molecule has 1 amide bonds. The fourth-order valence-electron chi connectivity index (χ4n) is 4.06. The number of piperidine rings is 1. The van der Waals surface area contributed by atoms with Crippen LogP contribution in [0, 0.1) is 5.92 Å². The smallest absolute Gasteiger partial charge is 0.410 e. The lowest BCUT2D eigenvalue weighted by molar-refractivity contribution is -0.144. The molecule has 0 spiro atoms. The Morgan fingerprint density at radius 3 is 2.52 bits per heavy atom. The van der Waals surface area contributed by atoms with Crippen molar-refractivity contribution in [1.82, 2.24) is 9.88 Å². The molecule has 1 aliphatic rings. The molecule has 1 fully saturated rings. The van der Waals surface area contributed by atoms with E-state index in [4.69, 9.17) is 14.2 Å². The van der Waals surface area contributed by atoms with Crippen LogP contribution in [0.1, 0.15) is 73.3 Å². The second-order valence-corrected chi connectivity index (χ2v) is 10.3. The molecule has 0 aliphatic carbocycles. The number of pyridine rings is 1. The molecule has 8 heteroatoms. The van der Waals surface area contributed by atoms with Gasteiger partial charge in [0.1, 0.15) is 11.1 Å². The molecular weight excluding hydrogens is 422 g/mol. The molecule has 2 heterocycles. The van der Waals surface area contributed by atoms with Crippen LogP contribution < -0.4 is 10.1 Å². The predicted molar refractivity (Wildman–Crippen MR) is 129 cm³/mol. The van der Waals surface area contributed by atoms with Crippen LogP contribution >= 0.6 is 0 Å². The molecule has 8 nitrogen and oxygen atoms in total. The minimum absolute atomic E-state index is 0.145. The van der Waals surface area contributed by atoms with Crippen molar-refractivity contribution in [3.8, 4) is 5.88 Å². The van der Waals surface area contributed by atoms with E-state index in [-0.39, 0.29) is 18.1 Å². The van der Waals surface area contributed by atoms with Crippen LogP contribution in [-0.2, 0) is 20.7 Å². The summed E-state index contributed by atoms with van der Waals surface area (Å²) in [5.41, 5.74) is 0.395. The maximum atomic E-state index is 12.4. The van der Waals surface area contributed by atoms with E-state index in [9.17, 15) is 9.59 Å². The van der Waals surface area contributed by atoms with Crippen LogP contribution in [0.4, 0.5) is 10.5 Å². The van der Waals surface area contributed by atoms with Crippen molar-refractivity contribution in [2.24, 2.45) is 5.92 Å². The van der Waals surface area contributed by atoms with E-state index in [2.05, 4.69) is 17.2 Å². The Kier molecular flexibility index (Phi) is 8.97. The van der Waals surface area contributed by atoms with E-state index in [0.717, 1.165) is 36.9 Å². The molecule has 0 aromatic carbocycles. The highest BCUT2D eigenvalue weighted by molar-refractivity contribution is 5.83. The summed E-state index contributed by atoms with van der Waals surface area (Å²) < 4.78 is 16.4. The molecule has 0 saturated carbocycles. The summed E-state index contributed by atoms with van der Waals surface area (Å²) in [6.45, 7) is 14.6. The number of ether oxygens (including phenoxy) is 3. The molecule has 1 aromatic heterocycles. The van der Waals surface area contributed by atoms with E-state index < -0.39 is 11.1 Å². The number of esters is 1. The minimum atomic E-state index is -0.853. The normalized spacial score (nSPS) is 19.1. The number of aryl methyl sites for hydroxylation is 1. The number of likely N-dealkylation sites (tertiary alicyclic amines) is 1. The Balaban J connectivity index is 1.88. The second-order valence-electron chi connectivity index (χ2n) is 10.3. The van der Waals surface area contributed by atoms with Gasteiger partial charge in [-0.05, 0) is 79.2 Å². The number of nitrogens with zero attached hydrogens (tertiary/aromatic N) is 2. The summed E-state index contributed by atoms with van der Waals surface area (Å²) in [6, 6.07) is 2.11. The molecule has 1 aromatic rings. The number of methoxy groups -OCH3 is 1. The maximum absolute atomic E-state index is 12.4. The Morgan fingerprint density at radius 2 is 1.94 bits per heavy atom. The van der Waals surface area contributed by atoms with Gasteiger partial charge in [-0.15, -0.1) is 0 Å². The van der Waals surface area contributed by atoms with Gasteiger partial charge in [0.2, 0.25) is 5.88 Å². The van der Waals surface area contributed by atoms with Crippen LogP contribution in [0.25, 0.3) is 0 Å². The van der Waals surface area contributed by atoms with Crippen molar-refractivity contribution in [3.05, 3.63) is 17.8 Å².